The highest BCUT2D eigenvalue weighted by Crippen LogP contribution is 2.31. The third-order valence-corrected chi connectivity index (χ3v) is 6.13. The molecule has 3 N–H and O–H groups in total. The number of nitrogens with two attached hydrogens (primary N) is 1. The molecule has 0 heterocycles. The first kappa shape index (κ1) is 16.0. The van der Waals surface area contributed by atoms with Crippen LogP contribution in [0.5, 0.6) is 0 Å². The van der Waals surface area contributed by atoms with Crippen molar-refractivity contribution >= 4 is 47.6 Å². The van der Waals surface area contributed by atoms with E-state index in [1.807, 2.05) is 0 Å². The van der Waals surface area contributed by atoms with Gasteiger partial charge in [0.25, 0.3) is 0 Å². The maximum atomic E-state index is 12.4. The largest absolute Gasteiger partial charge is 0.398 e. The Morgan fingerprint density at radius 1 is 1.30 bits per heavy atom. The Labute approximate surface area is 136 Å². The van der Waals surface area contributed by atoms with E-state index in [1.54, 1.807) is 12.1 Å². The fourth-order valence-corrected chi connectivity index (χ4v) is 5.39. The molecule has 0 saturated heterocycles. The van der Waals surface area contributed by atoms with Crippen LogP contribution >= 0.6 is 31.9 Å². The summed E-state index contributed by atoms with van der Waals surface area (Å²) in [6, 6.07) is 3.26. The zero-order valence-electron chi connectivity index (χ0n) is 10.8. The highest BCUT2D eigenvalue weighted by molar-refractivity contribution is 9.11. The van der Waals surface area contributed by atoms with Gasteiger partial charge < -0.3 is 5.73 Å². The Bertz CT molecular complexity index is 606. The molecule has 1 unspecified atom stereocenters. The van der Waals surface area contributed by atoms with E-state index in [1.165, 1.54) is 0 Å². The van der Waals surface area contributed by atoms with Crippen LogP contribution in [-0.2, 0) is 10.0 Å². The van der Waals surface area contributed by atoms with Crippen molar-refractivity contribution in [3.8, 4) is 0 Å². The lowest BCUT2D eigenvalue weighted by molar-refractivity contribution is 0.468. The second-order valence-corrected chi connectivity index (χ2v) is 8.28. The van der Waals surface area contributed by atoms with Gasteiger partial charge >= 0.3 is 0 Å². The summed E-state index contributed by atoms with van der Waals surface area (Å²) in [5, 5.41) is 0. The fourth-order valence-electron chi connectivity index (χ4n) is 2.21. The van der Waals surface area contributed by atoms with Gasteiger partial charge in [-0.2, -0.15) is 0 Å². The molecule has 0 fully saturated rings. The molecule has 0 bridgehead atoms. The van der Waals surface area contributed by atoms with Crippen molar-refractivity contribution in [1.82, 2.24) is 4.72 Å². The van der Waals surface area contributed by atoms with Crippen molar-refractivity contribution in [3.63, 3.8) is 0 Å². The minimum Gasteiger partial charge on any atom is -0.398 e. The quantitative estimate of drug-likeness (QED) is 0.575. The van der Waals surface area contributed by atoms with Crippen LogP contribution in [0.1, 0.15) is 19.3 Å². The second kappa shape index (κ2) is 6.60. The van der Waals surface area contributed by atoms with Gasteiger partial charge in [0, 0.05) is 15.5 Å². The Kier molecular flexibility index (Phi) is 5.28. The molecule has 1 aliphatic carbocycles. The number of nitrogens with one attached hydrogen (secondary N) is 1. The summed E-state index contributed by atoms with van der Waals surface area (Å²) in [4.78, 5) is 0.104. The van der Waals surface area contributed by atoms with E-state index in [0.29, 0.717) is 16.9 Å². The molecule has 0 aromatic heterocycles. The Morgan fingerprint density at radius 2 is 2.05 bits per heavy atom. The maximum Gasteiger partial charge on any atom is 0.243 e. The summed E-state index contributed by atoms with van der Waals surface area (Å²) in [7, 11) is -3.60. The van der Waals surface area contributed by atoms with Crippen LogP contribution in [0.3, 0.4) is 0 Å². The molecule has 4 nitrogen and oxygen atoms in total. The Hall–Kier alpha value is -0.370. The molecule has 1 aliphatic rings. The first-order valence-corrected chi connectivity index (χ1v) is 9.36. The zero-order chi connectivity index (χ0) is 14.8. The topological polar surface area (TPSA) is 72.2 Å². The SMILES string of the molecule is Nc1cc(Br)cc(Br)c1S(=O)(=O)NCC1CC=CCC1. The number of sulfonamides is 1. The molecule has 1 atom stereocenters. The molecular formula is C13H16Br2N2O2S. The number of allylic oxidation sites excluding steroid dienone is 2. The normalized spacial score (nSPS) is 19.2. The van der Waals surface area contributed by atoms with Crippen LogP contribution in [0, 0.1) is 5.92 Å². The molecule has 0 saturated carbocycles. The molecule has 110 valence electrons. The van der Waals surface area contributed by atoms with Crippen LogP contribution in [-0.4, -0.2) is 15.0 Å². The first-order valence-electron chi connectivity index (χ1n) is 6.29. The summed E-state index contributed by atoms with van der Waals surface area (Å²) < 4.78 is 28.6. The highest BCUT2D eigenvalue weighted by Gasteiger charge is 2.23. The van der Waals surface area contributed by atoms with Crippen molar-refractivity contribution in [2.24, 2.45) is 5.92 Å². The molecule has 2 rings (SSSR count). The summed E-state index contributed by atoms with van der Waals surface area (Å²) in [6.07, 6.45) is 7.17. The third kappa shape index (κ3) is 3.84. The lowest BCUT2D eigenvalue weighted by Gasteiger charge is -2.19. The predicted molar refractivity (Wildman–Crippen MR) is 87.9 cm³/mol. The number of anilines is 1. The fraction of sp³-hybridized carbons (Fsp3) is 0.385. The van der Waals surface area contributed by atoms with Gasteiger partial charge in [0.15, 0.2) is 0 Å². The number of nitrogen functional groups attached to an aromatic ring is 1. The van der Waals surface area contributed by atoms with Crippen LogP contribution < -0.4 is 10.5 Å². The summed E-state index contributed by atoms with van der Waals surface area (Å²) in [5.74, 6) is 0.352. The van der Waals surface area contributed by atoms with Crippen molar-refractivity contribution in [2.75, 3.05) is 12.3 Å². The Morgan fingerprint density at radius 3 is 2.65 bits per heavy atom. The predicted octanol–water partition coefficient (Wildman–Crippen LogP) is 3.43. The van der Waals surface area contributed by atoms with E-state index in [0.717, 1.165) is 23.7 Å². The third-order valence-electron chi connectivity index (χ3n) is 3.25. The average Bonchev–Trinajstić information content (AvgIpc) is 2.36. The van der Waals surface area contributed by atoms with Gasteiger partial charge in [-0.05, 0) is 53.2 Å². The van der Waals surface area contributed by atoms with E-state index < -0.39 is 10.0 Å². The van der Waals surface area contributed by atoms with Crippen molar-refractivity contribution < 1.29 is 8.42 Å². The lowest BCUT2D eigenvalue weighted by Crippen LogP contribution is -2.30. The molecule has 0 aliphatic heterocycles. The molecule has 20 heavy (non-hydrogen) atoms. The minimum atomic E-state index is -3.60. The van der Waals surface area contributed by atoms with E-state index in [2.05, 4.69) is 48.7 Å². The van der Waals surface area contributed by atoms with E-state index in [-0.39, 0.29) is 10.6 Å². The van der Waals surface area contributed by atoms with Gasteiger partial charge in [-0.1, -0.05) is 28.1 Å². The Balaban J connectivity index is 2.16. The van der Waals surface area contributed by atoms with E-state index in [9.17, 15) is 8.42 Å². The van der Waals surface area contributed by atoms with Gasteiger partial charge in [-0.25, -0.2) is 13.1 Å². The average molecular weight is 424 g/mol. The van der Waals surface area contributed by atoms with Crippen molar-refractivity contribution in [3.05, 3.63) is 33.2 Å². The van der Waals surface area contributed by atoms with Crippen molar-refractivity contribution in [2.45, 2.75) is 24.2 Å². The number of benzene rings is 1. The van der Waals surface area contributed by atoms with Crippen LogP contribution in [0.25, 0.3) is 0 Å². The van der Waals surface area contributed by atoms with Crippen LogP contribution in [0.2, 0.25) is 0 Å². The minimum absolute atomic E-state index is 0.104. The van der Waals surface area contributed by atoms with Gasteiger partial charge in [-0.15, -0.1) is 0 Å². The van der Waals surface area contributed by atoms with E-state index in [4.69, 9.17) is 5.73 Å². The standard InChI is InChI=1S/C13H16Br2N2O2S/c14-10-6-11(15)13(12(16)7-10)20(18,19)17-8-9-4-2-1-3-5-9/h1-2,6-7,9,17H,3-5,8,16H2. The van der Waals surface area contributed by atoms with Gasteiger partial charge in [0.05, 0.1) is 5.69 Å². The van der Waals surface area contributed by atoms with Crippen LogP contribution in [0.15, 0.2) is 38.1 Å². The van der Waals surface area contributed by atoms with Crippen LogP contribution in [0.4, 0.5) is 5.69 Å². The highest BCUT2D eigenvalue weighted by atomic mass is 79.9. The molecule has 0 radical (unpaired) electrons. The molecule has 1 aromatic carbocycles. The number of hydrogen-bond acceptors (Lipinski definition) is 3. The second-order valence-electron chi connectivity index (χ2n) is 4.81. The monoisotopic (exact) mass is 422 g/mol. The number of rotatable bonds is 4. The summed E-state index contributed by atoms with van der Waals surface area (Å²) in [6.45, 7) is 0.439. The molecule has 7 heteroatoms. The number of halogens is 2. The summed E-state index contributed by atoms with van der Waals surface area (Å²) >= 11 is 6.54. The smallest absolute Gasteiger partial charge is 0.243 e. The van der Waals surface area contributed by atoms with Crippen molar-refractivity contribution in [1.29, 1.82) is 0 Å². The van der Waals surface area contributed by atoms with E-state index >= 15 is 0 Å². The van der Waals surface area contributed by atoms with Gasteiger partial charge in [-0.3, -0.25) is 0 Å². The maximum absolute atomic E-state index is 12.4. The molecular weight excluding hydrogens is 408 g/mol. The van der Waals surface area contributed by atoms with Gasteiger partial charge in [0.2, 0.25) is 10.0 Å². The number of hydrogen-bond donors (Lipinski definition) is 2. The molecule has 1 aromatic rings. The molecule has 0 spiro atoms. The molecule has 0 amide bonds. The van der Waals surface area contributed by atoms with Gasteiger partial charge in [0.1, 0.15) is 4.90 Å². The first-order chi connectivity index (χ1) is 9.40. The lowest BCUT2D eigenvalue weighted by atomic mass is 9.95. The summed E-state index contributed by atoms with van der Waals surface area (Å²) in [5.41, 5.74) is 6.05. The zero-order valence-corrected chi connectivity index (χ0v) is 14.8.